The number of rotatable bonds is 15. The Balaban J connectivity index is 1.29. The molecule has 0 radical (unpaired) electrons. The Morgan fingerprint density at radius 3 is 2.21 bits per heavy atom. The molecule has 5 aromatic rings. The van der Waals surface area contributed by atoms with Crippen molar-refractivity contribution in [2.75, 3.05) is 19.7 Å². The van der Waals surface area contributed by atoms with Crippen molar-refractivity contribution < 1.29 is 23.8 Å². The van der Waals surface area contributed by atoms with Crippen molar-refractivity contribution in [3.8, 4) is 17.2 Å². The third-order valence-electron chi connectivity index (χ3n) is 8.97. The zero-order valence-corrected chi connectivity index (χ0v) is 29.6. The van der Waals surface area contributed by atoms with Crippen LogP contribution in [0.25, 0.3) is 10.9 Å². The van der Waals surface area contributed by atoms with Crippen LogP contribution in [-0.2, 0) is 17.4 Å². The second-order valence-corrected chi connectivity index (χ2v) is 18.4. The first-order valence-electron chi connectivity index (χ1n) is 16.5. The van der Waals surface area contributed by atoms with Crippen LogP contribution in [0.5, 0.6) is 17.2 Å². The van der Waals surface area contributed by atoms with Crippen LogP contribution < -0.4 is 9.47 Å². The topological polar surface area (TPSA) is 81.1 Å². The van der Waals surface area contributed by atoms with E-state index in [-0.39, 0.29) is 16.7 Å². The molecule has 1 heterocycles. The summed E-state index contributed by atoms with van der Waals surface area (Å²) in [5.74, 6) is 1.20. The highest BCUT2D eigenvalue weighted by Crippen LogP contribution is 2.37. The Hall–Kier alpha value is -4.50. The number of fused-ring (bicyclic) bond motifs is 1. The number of nitrogens with zero attached hydrogens (tertiary/aromatic N) is 2. The number of hydrogen-bond donors (Lipinski definition) is 1. The number of aromatic carboxylic acids is 1. The minimum Gasteiger partial charge on any atom is -0.491 e. The molecule has 0 saturated heterocycles. The molecule has 1 N–H and O–H groups in total. The molecular formula is C40H46N2O5Si. The lowest BCUT2D eigenvalue weighted by molar-refractivity contribution is 0.0697. The monoisotopic (exact) mass is 662 g/mol. The van der Waals surface area contributed by atoms with Crippen LogP contribution in [0.3, 0.4) is 0 Å². The molecule has 0 bridgehead atoms. The number of ether oxygens (including phenoxy) is 2. The first-order valence-corrected chi connectivity index (χ1v) is 19.4. The molecule has 0 spiro atoms. The molecule has 0 fully saturated rings. The van der Waals surface area contributed by atoms with Crippen molar-refractivity contribution in [3.63, 3.8) is 0 Å². The molecular weight excluding hydrogens is 617 g/mol. The van der Waals surface area contributed by atoms with Crippen LogP contribution >= 0.6 is 0 Å². The standard InChI is InChI=1S/C40H46N2O5Si/c1-40(2,3)48(4,5)47-35(29-45-33-14-10-7-11-15-33)28-42(27-31-12-8-6-9-13-31)25-23-30-16-19-34(20-17-30)46-38-22-24-41-37-26-32(39(43)44)18-21-36(37)38/h6-22,24,26,35H,23,25,27-29H2,1-5H3,(H,43,44). The molecule has 0 amide bonds. The van der Waals surface area contributed by atoms with E-state index in [9.17, 15) is 9.90 Å². The number of carboxylic acid groups (broad SMARTS) is 1. The van der Waals surface area contributed by atoms with Gasteiger partial charge in [-0.1, -0.05) is 81.4 Å². The predicted octanol–water partition coefficient (Wildman–Crippen LogP) is 9.24. The van der Waals surface area contributed by atoms with Crippen LogP contribution in [0, 0.1) is 0 Å². The normalized spacial score (nSPS) is 12.6. The number of para-hydroxylation sites is 1. The van der Waals surface area contributed by atoms with Crippen molar-refractivity contribution in [2.24, 2.45) is 0 Å². The van der Waals surface area contributed by atoms with E-state index in [2.05, 4.69) is 86.2 Å². The first kappa shape index (κ1) is 34.8. The zero-order chi connectivity index (χ0) is 34.1. The number of carbonyl (C=O) groups is 1. The molecule has 0 aliphatic heterocycles. The van der Waals surface area contributed by atoms with Gasteiger partial charge in [-0.3, -0.25) is 9.88 Å². The van der Waals surface area contributed by atoms with Gasteiger partial charge in [0.2, 0.25) is 0 Å². The molecule has 5 rings (SSSR count). The van der Waals surface area contributed by atoms with E-state index in [0.29, 0.717) is 23.6 Å². The van der Waals surface area contributed by atoms with E-state index in [0.717, 1.165) is 37.2 Å². The molecule has 1 aromatic heterocycles. The van der Waals surface area contributed by atoms with E-state index < -0.39 is 14.3 Å². The fourth-order valence-electron chi connectivity index (χ4n) is 5.27. The minimum atomic E-state index is -2.07. The van der Waals surface area contributed by atoms with Crippen LogP contribution in [0.15, 0.2) is 115 Å². The number of pyridine rings is 1. The van der Waals surface area contributed by atoms with Crippen molar-refractivity contribution in [1.82, 2.24) is 9.88 Å². The van der Waals surface area contributed by atoms with E-state index in [4.69, 9.17) is 13.9 Å². The van der Waals surface area contributed by atoms with Gasteiger partial charge in [0.25, 0.3) is 0 Å². The maximum absolute atomic E-state index is 11.4. The van der Waals surface area contributed by atoms with Crippen LogP contribution in [0.4, 0.5) is 0 Å². The van der Waals surface area contributed by atoms with Crippen molar-refractivity contribution >= 4 is 25.2 Å². The first-order chi connectivity index (χ1) is 23.0. The van der Waals surface area contributed by atoms with Gasteiger partial charge in [0, 0.05) is 31.2 Å². The summed E-state index contributed by atoms with van der Waals surface area (Å²) in [7, 11) is -2.07. The average molecular weight is 663 g/mol. The molecule has 1 unspecified atom stereocenters. The summed E-state index contributed by atoms with van der Waals surface area (Å²) in [6, 6.07) is 35.4. The molecule has 48 heavy (non-hydrogen) atoms. The highest BCUT2D eigenvalue weighted by Gasteiger charge is 2.39. The molecule has 8 heteroatoms. The fraction of sp³-hybridized carbons (Fsp3) is 0.300. The minimum absolute atomic E-state index is 0.0794. The zero-order valence-electron chi connectivity index (χ0n) is 28.6. The Morgan fingerprint density at radius 1 is 0.854 bits per heavy atom. The molecule has 0 aliphatic carbocycles. The quantitative estimate of drug-likeness (QED) is 0.112. The summed E-state index contributed by atoms with van der Waals surface area (Å²) >= 11 is 0. The molecule has 0 saturated carbocycles. The number of hydrogen-bond acceptors (Lipinski definition) is 6. The van der Waals surface area contributed by atoms with Crippen molar-refractivity contribution in [2.45, 2.75) is 58.0 Å². The van der Waals surface area contributed by atoms with Gasteiger partial charge in [-0.15, -0.1) is 0 Å². The van der Waals surface area contributed by atoms with Crippen LogP contribution in [0.1, 0.15) is 42.3 Å². The largest absolute Gasteiger partial charge is 0.491 e. The van der Waals surface area contributed by atoms with Gasteiger partial charge < -0.3 is 19.0 Å². The smallest absolute Gasteiger partial charge is 0.335 e. The second-order valence-electron chi connectivity index (χ2n) is 13.7. The second kappa shape index (κ2) is 15.6. The lowest BCUT2D eigenvalue weighted by Gasteiger charge is -2.40. The fourth-order valence-corrected chi connectivity index (χ4v) is 6.60. The predicted molar refractivity (Wildman–Crippen MR) is 195 cm³/mol. The van der Waals surface area contributed by atoms with E-state index in [1.165, 1.54) is 11.1 Å². The lowest BCUT2D eigenvalue weighted by atomic mass is 10.1. The molecule has 4 aromatic carbocycles. The molecule has 1 atom stereocenters. The third kappa shape index (κ3) is 9.53. The highest BCUT2D eigenvalue weighted by atomic mass is 28.4. The Bertz CT molecular complexity index is 1770. The summed E-state index contributed by atoms with van der Waals surface area (Å²) in [6.45, 7) is 14.3. The van der Waals surface area contributed by atoms with E-state index >= 15 is 0 Å². The van der Waals surface area contributed by atoms with Crippen LogP contribution in [-0.4, -0.2) is 55.1 Å². The van der Waals surface area contributed by atoms with E-state index in [1.807, 2.05) is 42.5 Å². The van der Waals surface area contributed by atoms with Gasteiger partial charge in [-0.05, 0) is 84.2 Å². The molecule has 250 valence electrons. The van der Waals surface area contributed by atoms with Gasteiger partial charge in [-0.25, -0.2) is 4.79 Å². The third-order valence-corrected chi connectivity index (χ3v) is 13.5. The Labute approximate surface area is 285 Å². The average Bonchev–Trinajstić information content (AvgIpc) is 3.07. The van der Waals surface area contributed by atoms with Gasteiger partial charge in [-0.2, -0.15) is 0 Å². The van der Waals surface area contributed by atoms with Gasteiger partial charge >= 0.3 is 5.97 Å². The highest BCUT2D eigenvalue weighted by molar-refractivity contribution is 6.74. The van der Waals surface area contributed by atoms with Crippen molar-refractivity contribution in [3.05, 3.63) is 132 Å². The summed E-state index contributed by atoms with van der Waals surface area (Å²) in [5.41, 5.74) is 3.23. The van der Waals surface area contributed by atoms with Gasteiger partial charge in [0.15, 0.2) is 8.32 Å². The lowest BCUT2D eigenvalue weighted by Crippen LogP contribution is -2.49. The Morgan fingerprint density at radius 2 is 1.54 bits per heavy atom. The van der Waals surface area contributed by atoms with Crippen LogP contribution in [0.2, 0.25) is 18.1 Å². The maximum Gasteiger partial charge on any atom is 0.335 e. The van der Waals surface area contributed by atoms with Gasteiger partial charge in [0.1, 0.15) is 23.9 Å². The van der Waals surface area contributed by atoms with E-state index in [1.54, 1.807) is 30.5 Å². The number of aromatic nitrogens is 1. The van der Waals surface area contributed by atoms with Crippen molar-refractivity contribution in [1.29, 1.82) is 0 Å². The summed E-state index contributed by atoms with van der Waals surface area (Å²) in [4.78, 5) is 18.2. The Kier molecular flexibility index (Phi) is 11.3. The summed E-state index contributed by atoms with van der Waals surface area (Å²) in [6.07, 6.45) is 2.40. The summed E-state index contributed by atoms with van der Waals surface area (Å²) < 4.78 is 19.5. The number of carboxylic acids is 1. The maximum atomic E-state index is 11.4. The van der Waals surface area contributed by atoms with Gasteiger partial charge in [0.05, 0.1) is 17.2 Å². The molecule has 0 aliphatic rings. The summed E-state index contributed by atoms with van der Waals surface area (Å²) in [5, 5.41) is 10.2. The molecule has 7 nitrogen and oxygen atoms in total. The SMILES string of the molecule is CC(C)(C)[Si](C)(C)OC(COc1ccccc1)CN(CCc1ccc(Oc2ccnc3cc(C(=O)O)ccc23)cc1)Cc1ccccc1. The number of benzene rings is 4.